The average Bonchev–Trinajstić information content (AvgIpc) is 2.15. The molecular weight excluding hydrogens is 208 g/mol. The minimum absolute atomic E-state index is 0.229. The predicted molar refractivity (Wildman–Crippen MR) is 62.0 cm³/mol. The quantitative estimate of drug-likeness (QED) is 0.539. The number of carbonyl (C=O) groups is 1. The molecule has 0 aliphatic rings. The molecule has 0 aromatic rings. The summed E-state index contributed by atoms with van der Waals surface area (Å²) < 4.78 is 15.7. The fourth-order valence-electron chi connectivity index (χ4n) is 1.29. The van der Waals surface area contributed by atoms with Crippen molar-refractivity contribution >= 4 is 5.97 Å². The van der Waals surface area contributed by atoms with Gasteiger partial charge in [0.1, 0.15) is 5.60 Å². The average molecular weight is 232 g/mol. The molecular formula is C12H24O4. The van der Waals surface area contributed by atoms with Gasteiger partial charge in [-0.05, 0) is 27.7 Å². The summed E-state index contributed by atoms with van der Waals surface area (Å²) in [4.78, 5) is 11.7. The molecule has 16 heavy (non-hydrogen) atoms. The Morgan fingerprint density at radius 3 is 1.88 bits per heavy atom. The Morgan fingerprint density at radius 2 is 1.56 bits per heavy atom. The van der Waals surface area contributed by atoms with E-state index in [4.69, 9.17) is 14.2 Å². The van der Waals surface area contributed by atoms with E-state index in [-0.39, 0.29) is 11.9 Å². The molecule has 96 valence electrons. The van der Waals surface area contributed by atoms with Gasteiger partial charge in [0.2, 0.25) is 0 Å². The van der Waals surface area contributed by atoms with Crippen LogP contribution in [0.4, 0.5) is 0 Å². The largest absolute Gasteiger partial charge is 0.460 e. The lowest BCUT2D eigenvalue weighted by atomic mass is 10.0. The van der Waals surface area contributed by atoms with Gasteiger partial charge >= 0.3 is 5.97 Å². The molecule has 0 bridgehead atoms. The summed E-state index contributed by atoms with van der Waals surface area (Å²) in [5, 5.41) is 0. The Labute approximate surface area is 98.3 Å². The topological polar surface area (TPSA) is 44.8 Å². The van der Waals surface area contributed by atoms with Crippen LogP contribution in [0.5, 0.6) is 0 Å². The van der Waals surface area contributed by atoms with Crippen LogP contribution in [0.25, 0.3) is 0 Å². The normalized spacial score (nSPS) is 14.7. The highest BCUT2D eigenvalue weighted by atomic mass is 16.7. The molecule has 0 radical (unpaired) electrons. The van der Waals surface area contributed by atoms with Crippen LogP contribution < -0.4 is 0 Å². The third-order valence-corrected chi connectivity index (χ3v) is 2.35. The summed E-state index contributed by atoms with van der Waals surface area (Å²) in [6, 6.07) is 0. The van der Waals surface area contributed by atoms with Crippen molar-refractivity contribution in [3.05, 3.63) is 0 Å². The van der Waals surface area contributed by atoms with Gasteiger partial charge in [-0.1, -0.05) is 6.92 Å². The number of rotatable bonds is 5. The van der Waals surface area contributed by atoms with Crippen molar-refractivity contribution in [2.24, 2.45) is 5.92 Å². The lowest BCUT2D eigenvalue weighted by Crippen LogP contribution is -2.36. The monoisotopic (exact) mass is 232 g/mol. The van der Waals surface area contributed by atoms with Gasteiger partial charge in [0, 0.05) is 20.6 Å². The van der Waals surface area contributed by atoms with Gasteiger partial charge in [-0.3, -0.25) is 4.79 Å². The minimum atomic E-state index is -0.740. The molecule has 4 heteroatoms. The van der Waals surface area contributed by atoms with E-state index in [0.29, 0.717) is 6.42 Å². The van der Waals surface area contributed by atoms with Crippen molar-refractivity contribution in [1.29, 1.82) is 0 Å². The molecule has 0 aromatic carbocycles. The first-order chi connectivity index (χ1) is 7.13. The third-order valence-electron chi connectivity index (χ3n) is 2.35. The van der Waals surface area contributed by atoms with E-state index >= 15 is 0 Å². The van der Waals surface area contributed by atoms with Gasteiger partial charge in [0.15, 0.2) is 5.79 Å². The number of hydrogen-bond donors (Lipinski definition) is 0. The molecule has 0 aromatic heterocycles. The van der Waals surface area contributed by atoms with E-state index in [1.54, 1.807) is 21.1 Å². The van der Waals surface area contributed by atoms with Crippen LogP contribution in [0.15, 0.2) is 0 Å². The second-order valence-electron chi connectivity index (χ2n) is 5.18. The first kappa shape index (κ1) is 15.4. The van der Waals surface area contributed by atoms with Crippen molar-refractivity contribution in [3.63, 3.8) is 0 Å². The zero-order valence-corrected chi connectivity index (χ0v) is 11.4. The van der Waals surface area contributed by atoms with Crippen LogP contribution >= 0.6 is 0 Å². The van der Waals surface area contributed by atoms with Crippen LogP contribution in [0.1, 0.15) is 41.0 Å². The van der Waals surface area contributed by atoms with E-state index in [9.17, 15) is 4.79 Å². The Balaban J connectivity index is 4.36. The maximum absolute atomic E-state index is 11.7. The summed E-state index contributed by atoms with van der Waals surface area (Å²) in [5.41, 5.74) is -0.456. The summed E-state index contributed by atoms with van der Waals surface area (Å²) >= 11 is 0. The Hall–Kier alpha value is -0.610. The second-order valence-corrected chi connectivity index (χ2v) is 5.18. The molecule has 0 heterocycles. The maximum Gasteiger partial charge on any atom is 0.309 e. The Kier molecular flexibility index (Phi) is 5.42. The van der Waals surface area contributed by atoms with Crippen molar-refractivity contribution in [2.75, 3.05) is 14.2 Å². The molecule has 0 amide bonds. The van der Waals surface area contributed by atoms with Crippen LogP contribution in [-0.2, 0) is 19.0 Å². The first-order valence-electron chi connectivity index (χ1n) is 5.46. The number of ether oxygens (including phenoxy) is 3. The van der Waals surface area contributed by atoms with E-state index in [1.807, 2.05) is 27.7 Å². The van der Waals surface area contributed by atoms with Crippen molar-refractivity contribution < 1.29 is 19.0 Å². The van der Waals surface area contributed by atoms with Gasteiger partial charge in [0.25, 0.3) is 0 Å². The molecule has 0 fully saturated rings. The van der Waals surface area contributed by atoms with E-state index in [0.717, 1.165) is 0 Å². The summed E-state index contributed by atoms with van der Waals surface area (Å²) in [6.07, 6.45) is 0.467. The summed E-state index contributed by atoms with van der Waals surface area (Å²) in [7, 11) is 3.12. The van der Waals surface area contributed by atoms with E-state index in [1.165, 1.54) is 0 Å². The predicted octanol–water partition coefficient (Wildman–Crippen LogP) is 2.36. The molecule has 1 atom stereocenters. The highest BCUT2D eigenvalue weighted by Crippen LogP contribution is 2.23. The third kappa shape index (κ3) is 5.47. The standard InChI is InChI=1S/C12H24O4/c1-9(8-12(5,14-6)15-7)10(13)16-11(2,3)4/h9H,8H2,1-7H3. The van der Waals surface area contributed by atoms with Gasteiger partial charge in [-0.15, -0.1) is 0 Å². The molecule has 0 saturated carbocycles. The van der Waals surface area contributed by atoms with Crippen LogP contribution in [-0.4, -0.2) is 31.6 Å². The van der Waals surface area contributed by atoms with E-state index < -0.39 is 11.4 Å². The Morgan fingerprint density at radius 1 is 1.12 bits per heavy atom. The highest BCUT2D eigenvalue weighted by Gasteiger charge is 2.31. The number of esters is 1. The van der Waals surface area contributed by atoms with Gasteiger partial charge in [-0.25, -0.2) is 0 Å². The van der Waals surface area contributed by atoms with Crippen LogP contribution in [0, 0.1) is 5.92 Å². The fourth-order valence-corrected chi connectivity index (χ4v) is 1.29. The Bertz CT molecular complexity index is 226. The molecule has 4 nitrogen and oxygen atoms in total. The number of carbonyl (C=O) groups excluding carboxylic acids is 1. The van der Waals surface area contributed by atoms with Crippen molar-refractivity contribution in [2.45, 2.75) is 52.4 Å². The number of hydrogen-bond acceptors (Lipinski definition) is 4. The lowest BCUT2D eigenvalue weighted by molar-refractivity contribution is -0.208. The molecule has 0 spiro atoms. The van der Waals surface area contributed by atoms with Crippen molar-refractivity contribution in [1.82, 2.24) is 0 Å². The van der Waals surface area contributed by atoms with Gasteiger partial charge in [-0.2, -0.15) is 0 Å². The number of methoxy groups -OCH3 is 2. The molecule has 0 rings (SSSR count). The zero-order chi connectivity index (χ0) is 13.0. The minimum Gasteiger partial charge on any atom is -0.460 e. The first-order valence-corrected chi connectivity index (χ1v) is 5.46. The maximum atomic E-state index is 11.7. The molecule has 0 aliphatic heterocycles. The van der Waals surface area contributed by atoms with Gasteiger partial charge in [0.05, 0.1) is 5.92 Å². The molecule has 1 unspecified atom stereocenters. The molecule has 0 N–H and O–H groups in total. The van der Waals surface area contributed by atoms with E-state index in [2.05, 4.69) is 0 Å². The van der Waals surface area contributed by atoms with Crippen LogP contribution in [0.3, 0.4) is 0 Å². The lowest BCUT2D eigenvalue weighted by Gasteiger charge is -2.30. The SMILES string of the molecule is COC(C)(CC(C)C(=O)OC(C)(C)C)OC. The fraction of sp³-hybridized carbons (Fsp3) is 0.917. The van der Waals surface area contributed by atoms with Crippen LogP contribution in [0.2, 0.25) is 0 Å². The summed E-state index contributed by atoms with van der Waals surface area (Å²) in [5.74, 6) is -1.23. The molecule has 0 saturated heterocycles. The molecule has 0 aliphatic carbocycles. The second kappa shape index (κ2) is 5.64. The zero-order valence-electron chi connectivity index (χ0n) is 11.4. The van der Waals surface area contributed by atoms with Crippen molar-refractivity contribution in [3.8, 4) is 0 Å². The van der Waals surface area contributed by atoms with Gasteiger partial charge < -0.3 is 14.2 Å². The highest BCUT2D eigenvalue weighted by molar-refractivity contribution is 5.72. The smallest absolute Gasteiger partial charge is 0.309 e. The summed E-state index contributed by atoms with van der Waals surface area (Å²) in [6.45, 7) is 9.16.